The Morgan fingerprint density at radius 3 is 2.86 bits per heavy atom. The average molecular weight is 411 g/mol. The van der Waals surface area contributed by atoms with Gasteiger partial charge in [0.15, 0.2) is 0 Å². The fraction of sp³-hybridized carbons (Fsp3) is 0.421. The fourth-order valence-corrected chi connectivity index (χ4v) is 3.81. The van der Waals surface area contributed by atoms with Gasteiger partial charge in [0.05, 0.1) is 5.56 Å². The Morgan fingerprint density at radius 2 is 2.07 bits per heavy atom. The molecule has 0 aliphatic carbocycles. The van der Waals surface area contributed by atoms with Gasteiger partial charge in [0, 0.05) is 37.0 Å². The Labute approximate surface area is 164 Å². The van der Waals surface area contributed by atoms with Gasteiger partial charge in [0.2, 0.25) is 5.91 Å². The second kappa shape index (κ2) is 8.72. The Balaban J connectivity index is 1.59. The molecule has 1 saturated heterocycles. The maximum Gasteiger partial charge on any atom is 0.416 e. The van der Waals surface area contributed by atoms with Gasteiger partial charge in [-0.25, -0.2) is 4.98 Å². The van der Waals surface area contributed by atoms with Crippen LogP contribution >= 0.6 is 11.3 Å². The van der Waals surface area contributed by atoms with Gasteiger partial charge in [0.1, 0.15) is 10.7 Å². The van der Waals surface area contributed by atoms with E-state index in [2.05, 4.69) is 10.3 Å². The molecule has 0 unspecified atom stereocenters. The maximum atomic E-state index is 12.9. The van der Waals surface area contributed by atoms with Crippen molar-refractivity contribution >= 4 is 23.2 Å². The molecule has 0 radical (unpaired) electrons. The van der Waals surface area contributed by atoms with E-state index in [-0.39, 0.29) is 11.6 Å². The first-order chi connectivity index (χ1) is 13.3. The van der Waals surface area contributed by atoms with E-state index in [4.69, 9.17) is 0 Å². The number of carbonyl (C=O) groups excluding carboxylic acids is 2. The molecule has 2 amide bonds. The maximum absolute atomic E-state index is 12.9. The third-order valence-electron chi connectivity index (χ3n) is 4.51. The molecule has 0 bridgehead atoms. The molecule has 5 nitrogen and oxygen atoms in total. The van der Waals surface area contributed by atoms with E-state index in [9.17, 15) is 22.8 Å². The smallest absolute Gasteiger partial charge is 0.349 e. The zero-order valence-electron chi connectivity index (χ0n) is 15.1. The Bertz CT molecular complexity index is 851. The largest absolute Gasteiger partial charge is 0.416 e. The van der Waals surface area contributed by atoms with Gasteiger partial charge in [-0.05, 0) is 25.0 Å². The first-order valence-electron chi connectivity index (χ1n) is 9.04. The fourth-order valence-electron chi connectivity index (χ4n) is 3.01. The molecule has 1 fully saturated rings. The molecule has 2 aromatic rings. The lowest BCUT2D eigenvalue weighted by molar-refractivity contribution is -0.137. The summed E-state index contributed by atoms with van der Waals surface area (Å²) < 4.78 is 38.6. The van der Waals surface area contributed by atoms with Crippen molar-refractivity contribution in [2.75, 3.05) is 19.6 Å². The minimum absolute atomic E-state index is 0.104. The summed E-state index contributed by atoms with van der Waals surface area (Å²) in [5.41, 5.74) is -0.290. The summed E-state index contributed by atoms with van der Waals surface area (Å²) in [4.78, 5) is 30.1. The Morgan fingerprint density at radius 1 is 1.25 bits per heavy atom. The van der Waals surface area contributed by atoms with E-state index in [1.807, 2.05) is 0 Å². The van der Waals surface area contributed by atoms with E-state index >= 15 is 0 Å². The number of benzene rings is 1. The highest BCUT2D eigenvalue weighted by molar-refractivity contribution is 7.13. The molecule has 1 aliphatic heterocycles. The number of rotatable bonds is 5. The van der Waals surface area contributed by atoms with Crippen molar-refractivity contribution in [1.29, 1.82) is 0 Å². The van der Waals surface area contributed by atoms with Crippen molar-refractivity contribution in [1.82, 2.24) is 15.2 Å². The van der Waals surface area contributed by atoms with Crippen LogP contribution in [0.5, 0.6) is 0 Å². The van der Waals surface area contributed by atoms with Gasteiger partial charge in [-0.1, -0.05) is 18.6 Å². The molecule has 1 aromatic heterocycles. The second-order valence-electron chi connectivity index (χ2n) is 6.56. The highest BCUT2D eigenvalue weighted by Gasteiger charge is 2.30. The molecule has 2 heterocycles. The van der Waals surface area contributed by atoms with E-state index in [0.717, 1.165) is 42.7 Å². The molecular formula is C19H20F3N3O2S. The highest BCUT2D eigenvalue weighted by Crippen LogP contribution is 2.33. The zero-order valence-corrected chi connectivity index (χ0v) is 15.9. The molecule has 1 N–H and O–H groups in total. The zero-order chi connectivity index (χ0) is 20.1. The van der Waals surface area contributed by atoms with Crippen LogP contribution in [0.3, 0.4) is 0 Å². The van der Waals surface area contributed by atoms with Gasteiger partial charge in [0.25, 0.3) is 5.91 Å². The molecule has 3 rings (SSSR count). The quantitative estimate of drug-likeness (QED) is 0.810. The van der Waals surface area contributed by atoms with Gasteiger partial charge >= 0.3 is 6.18 Å². The van der Waals surface area contributed by atoms with E-state index < -0.39 is 17.6 Å². The van der Waals surface area contributed by atoms with Crippen LogP contribution in [0.2, 0.25) is 0 Å². The van der Waals surface area contributed by atoms with Crippen molar-refractivity contribution in [3.05, 3.63) is 40.9 Å². The lowest BCUT2D eigenvalue weighted by Crippen LogP contribution is -2.38. The number of thiazole rings is 1. The number of hydrogen-bond acceptors (Lipinski definition) is 4. The van der Waals surface area contributed by atoms with Gasteiger partial charge < -0.3 is 10.2 Å². The third kappa shape index (κ3) is 5.09. The highest BCUT2D eigenvalue weighted by atomic mass is 32.1. The molecule has 0 spiro atoms. The normalized spacial score (nSPS) is 15.4. The summed E-state index contributed by atoms with van der Waals surface area (Å²) in [6.07, 6.45) is -0.991. The first-order valence-corrected chi connectivity index (χ1v) is 9.92. The molecule has 1 aromatic carbocycles. The van der Waals surface area contributed by atoms with Crippen LogP contribution in [0.15, 0.2) is 29.6 Å². The van der Waals surface area contributed by atoms with Crippen LogP contribution < -0.4 is 5.32 Å². The van der Waals surface area contributed by atoms with Crippen LogP contribution in [0.1, 0.15) is 41.7 Å². The van der Waals surface area contributed by atoms with Crippen LogP contribution in [0.25, 0.3) is 10.6 Å². The molecule has 1 aliphatic rings. The lowest BCUT2D eigenvalue weighted by Gasteiger charge is -2.20. The summed E-state index contributed by atoms with van der Waals surface area (Å²) in [7, 11) is 0. The second-order valence-corrected chi connectivity index (χ2v) is 7.42. The number of alkyl halides is 3. The summed E-state index contributed by atoms with van der Waals surface area (Å²) in [6.45, 7) is 1.45. The predicted octanol–water partition coefficient (Wildman–Crippen LogP) is 3.96. The summed E-state index contributed by atoms with van der Waals surface area (Å²) in [6, 6.07) is 4.86. The van der Waals surface area contributed by atoms with E-state index in [1.54, 1.807) is 4.90 Å². The Kier molecular flexibility index (Phi) is 6.33. The number of carbonyl (C=O) groups is 2. The molecule has 0 atom stereocenters. The minimum atomic E-state index is -4.43. The molecular weight excluding hydrogens is 391 g/mol. The van der Waals surface area contributed by atoms with Crippen LogP contribution in [-0.2, 0) is 11.0 Å². The van der Waals surface area contributed by atoms with Gasteiger partial charge in [-0.2, -0.15) is 13.2 Å². The van der Waals surface area contributed by atoms with Crippen molar-refractivity contribution in [3.63, 3.8) is 0 Å². The Hall–Kier alpha value is -2.42. The van der Waals surface area contributed by atoms with Gasteiger partial charge in [-0.3, -0.25) is 9.59 Å². The summed E-state index contributed by atoms with van der Waals surface area (Å²) in [5.74, 6) is -0.302. The number of likely N-dealkylation sites (tertiary alicyclic amines) is 1. The number of hydrogen-bond donors (Lipinski definition) is 1. The van der Waals surface area contributed by atoms with Gasteiger partial charge in [-0.15, -0.1) is 11.3 Å². The minimum Gasteiger partial charge on any atom is -0.349 e. The van der Waals surface area contributed by atoms with Crippen molar-refractivity contribution in [3.8, 4) is 10.6 Å². The third-order valence-corrected chi connectivity index (χ3v) is 5.40. The number of amides is 2. The average Bonchev–Trinajstić information content (AvgIpc) is 3.07. The lowest BCUT2D eigenvalue weighted by atomic mass is 10.1. The van der Waals surface area contributed by atoms with Crippen molar-refractivity contribution in [2.24, 2.45) is 0 Å². The van der Waals surface area contributed by atoms with Crippen LogP contribution in [-0.4, -0.2) is 41.3 Å². The number of halogens is 3. The molecule has 9 heteroatoms. The number of nitrogens with one attached hydrogen (secondary N) is 1. The van der Waals surface area contributed by atoms with Crippen LogP contribution in [0.4, 0.5) is 13.2 Å². The summed E-state index contributed by atoms with van der Waals surface area (Å²) in [5, 5.41) is 4.58. The number of nitrogens with zero attached hydrogens (tertiary/aromatic N) is 2. The monoisotopic (exact) mass is 411 g/mol. The molecule has 28 heavy (non-hydrogen) atoms. The van der Waals surface area contributed by atoms with Crippen LogP contribution in [0, 0.1) is 0 Å². The SMILES string of the molecule is O=C(NCCN1CCCCCC1=O)c1csc(-c2cccc(C(F)(F)F)c2)n1. The van der Waals surface area contributed by atoms with Crippen molar-refractivity contribution in [2.45, 2.75) is 31.9 Å². The van der Waals surface area contributed by atoms with E-state index in [1.165, 1.54) is 17.5 Å². The molecule has 150 valence electrons. The molecule has 0 saturated carbocycles. The van der Waals surface area contributed by atoms with Crippen molar-refractivity contribution < 1.29 is 22.8 Å². The summed E-state index contributed by atoms with van der Waals surface area (Å²) >= 11 is 1.11. The predicted molar refractivity (Wildman–Crippen MR) is 99.9 cm³/mol. The topological polar surface area (TPSA) is 62.3 Å². The van der Waals surface area contributed by atoms with E-state index in [0.29, 0.717) is 36.6 Å². The number of aromatic nitrogens is 1. The first kappa shape index (κ1) is 20.3. The standard InChI is InChI=1S/C19H20F3N3O2S/c20-19(21,22)14-6-4-5-13(11-14)18-24-15(12-28-18)17(27)23-8-10-25-9-3-1-2-7-16(25)26/h4-6,11-12H,1-3,7-10H2,(H,23,27).